The zero-order valence-corrected chi connectivity index (χ0v) is 12.9. The third kappa shape index (κ3) is 4.17. The van der Waals surface area contributed by atoms with Crippen LogP contribution in [0.5, 0.6) is 0 Å². The van der Waals surface area contributed by atoms with Gasteiger partial charge in [-0.3, -0.25) is 9.59 Å². The molecule has 2 amide bonds. The highest BCUT2D eigenvalue weighted by molar-refractivity contribution is 5.87. The second kappa shape index (κ2) is 7.56. The third-order valence-electron chi connectivity index (χ3n) is 3.71. The second-order valence-electron chi connectivity index (χ2n) is 5.33. The van der Waals surface area contributed by atoms with Gasteiger partial charge < -0.3 is 15.7 Å². The summed E-state index contributed by atoms with van der Waals surface area (Å²) >= 11 is 0. The van der Waals surface area contributed by atoms with Crippen LogP contribution in [0, 0.1) is 0 Å². The van der Waals surface area contributed by atoms with Gasteiger partial charge in [0.25, 0.3) is 5.91 Å². The minimum atomic E-state index is -1.33. The standard InChI is InChI=1S/C18H20N2O3/c1-13(14-8-4-2-5-9-14)20(12-16(19)21)18(23)17(22)15-10-6-3-7-11-15/h2-11,13,17,22H,12H2,1H3,(H2,19,21)/t13-,17?/m1/s1. The van der Waals surface area contributed by atoms with Crippen LogP contribution in [0.1, 0.15) is 30.2 Å². The molecule has 0 aliphatic heterocycles. The summed E-state index contributed by atoms with van der Waals surface area (Å²) in [6.07, 6.45) is -1.33. The van der Waals surface area contributed by atoms with E-state index in [9.17, 15) is 14.7 Å². The number of amides is 2. The second-order valence-corrected chi connectivity index (χ2v) is 5.33. The summed E-state index contributed by atoms with van der Waals surface area (Å²) in [6, 6.07) is 17.5. The summed E-state index contributed by atoms with van der Waals surface area (Å²) in [5, 5.41) is 10.3. The Morgan fingerprint density at radius 1 is 1.00 bits per heavy atom. The maximum atomic E-state index is 12.7. The van der Waals surface area contributed by atoms with Crippen LogP contribution in [-0.4, -0.2) is 28.4 Å². The average Bonchev–Trinajstić information content (AvgIpc) is 2.59. The minimum absolute atomic E-state index is 0.251. The number of benzene rings is 2. The third-order valence-corrected chi connectivity index (χ3v) is 3.71. The first-order valence-corrected chi connectivity index (χ1v) is 7.37. The van der Waals surface area contributed by atoms with Crippen LogP contribution >= 0.6 is 0 Å². The molecule has 0 spiro atoms. The van der Waals surface area contributed by atoms with Gasteiger partial charge >= 0.3 is 0 Å². The van der Waals surface area contributed by atoms with Crippen molar-refractivity contribution >= 4 is 11.8 Å². The zero-order valence-electron chi connectivity index (χ0n) is 12.9. The van der Waals surface area contributed by atoms with Crippen LogP contribution < -0.4 is 5.73 Å². The Morgan fingerprint density at radius 3 is 1.96 bits per heavy atom. The summed E-state index contributed by atoms with van der Waals surface area (Å²) < 4.78 is 0. The number of hydrogen-bond donors (Lipinski definition) is 2. The van der Waals surface area contributed by atoms with E-state index in [1.807, 2.05) is 30.3 Å². The van der Waals surface area contributed by atoms with Crippen molar-refractivity contribution in [2.45, 2.75) is 19.1 Å². The quantitative estimate of drug-likeness (QED) is 0.853. The van der Waals surface area contributed by atoms with Crippen molar-refractivity contribution < 1.29 is 14.7 Å². The Labute approximate surface area is 135 Å². The van der Waals surface area contributed by atoms with E-state index in [0.29, 0.717) is 5.56 Å². The predicted octanol–water partition coefficient (Wildman–Crippen LogP) is 1.80. The summed E-state index contributed by atoms with van der Waals surface area (Å²) in [6.45, 7) is 1.55. The summed E-state index contributed by atoms with van der Waals surface area (Å²) in [5.41, 5.74) is 6.61. The van der Waals surface area contributed by atoms with Crippen molar-refractivity contribution in [3.63, 3.8) is 0 Å². The van der Waals surface area contributed by atoms with E-state index in [1.165, 1.54) is 4.90 Å². The number of primary amides is 1. The summed E-state index contributed by atoms with van der Waals surface area (Å²) in [4.78, 5) is 25.3. The van der Waals surface area contributed by atoms with Crippen molar-refractivity contribution in [3.8, 4) is 0 Å². The lowest BCUT2D eigenvalue weighted by Crippen LogP contribution is -2.42. The number of rotatable bonds is 6. The Bertz CT molecular complexity index is 658. The van der Waals surface area contributed by atoms with Gasteiger partial charge in [-0.15, -0.1) is 0 Å². The van der Waals surface area contributed by atoms with E-state index in [-0.39, 0.29) is 12.6 Å². The minimum Gasteiger partial charge on any atom is -0.378 e. The molecule has 0 fully saturated rings. The molecule has 23 heavy (non-hydrogen) atoms. The lowest BCUT2D eigenvalue weighted by molar-refractivity contribution is -0.145. The molecule has 0 aliphatic rings. The Kier molecular flexibility index (Phi) is 5.49. The van der Waals surface area contributed by atoms with Crippen molar-refractivity contribution in [3.05, 3.63) is 71.8 Å². The molecule has 0 heterocycles. The van der Waals surface area contributed by atoms with Crippen LogP contribution in [0.2, 0.25) is 0 Å². The molecule has 0 aromatic heterocycles. The average molecular weight is 312 g/mol. The fraction of sp³-hybridized carbons (Fsp3) is 0.222. The first-order chi connectivity index (χ1) is 11.0. The number of aliphatic hydroxyl groups excluding tert-OH is 1. The molecular formula is C18H20N2O3. The fourth-order valence-electron chi connectivity index (χ4n) is 2.42. The van der Waals surface area contributed by atoms with E-state index in [4.69, 9.17) is 5.73 Å². The van der Waals surface area contributed by atoms with Gasteiger partial charge in [-0.1, -0.05) is 60.7 Å². The molecule has 2 atom stereocenters. The molecule has 120 valence electrons. The maximum Gasteiger partial charge on any atom is 0.257 e. The van der Waals surface area contributed by atoms with Crippen LogP contribution in [-0.2, 0) is 9.59 Å². The van der Waals surface area contributed by atoms with Gasteiger partial charge in [0.2, 0.25) is 5.91 Å². The van der Waals surface area contributed by atoms with Crippen molar-refractivity contribution in [2.24, 2.45) is 5.73 Å². The number of aliphatic hydroxyl groups is 1. The number of carbonyl (C=O) groups excluding carboxylic acids is 2. The lowest BCUT2D eigenvalue weighted by Gasteiger charge is -2.30. The van der Waals surface area contributed by atoms with Crippen LogP contribution in [0.15, 0.2) is 60.7 Å². The lowest BCUT2D eigenvalue weighted by atomic mass is 10.0. The van der Waals surface area contributed by atoms with Crippen LogP contribution in [0.4, 0.5) is 0 Å². The van der Waals surface area contributed by atoms with Gasteiger partial charge in [-0.2, -0.15) is 0 Å². The summed E-state index contributed by atoms with van der Waals surface area (Å²) in [5.74, 6) is -1.17. The molecule has 0 saturated carbocycles. The zero-order chi connectivity index (χ0) is 16.8. The summed E-state index contributed by atoms with van der Waals surface area (Å²) in [7, 11) is 0. The molecule has 1 unspecified atom stereocenters. The highest BCUT2D eigenvalue weighted by Gasteiger charge is 2.29. The van der Waals surface area contributed by atoms with Gasteiger partial charge in [0.15, 0.2) is 6.10 Å². The highest BCUT2D eigenvalue weighted by Crippen LogP contribution is 2.24. The fourth-order valence-corrected chi connectivity index (χ4v) is 2.42. The number of hydrogen-bond acceptors (Lipinski definition) is 3. The van der Waals surface area contributed by atoms with Gasteiger partial charge in [-0.05, 0) is 18.1 Å². The maximum absolute atomic E-state index is 12.7. The monoisotopic (exact) mass is 312 g/mol. The van der Waals surface area contributed by atoms with Gasteiger partial charge in [-0.25, -0.2) is 0 Å². The molecule has 2 aromatic carbocycles. The molecule has 5 heteroatoms. The molecule has 5 nitrogen and oxygen atoms in total. The molecular weight excluding hydrogens is 292 g/mol. The molecule has 0 radical (unpaired) electrons. The van der Waals surface area contributed by atoms with E-state index in [2.05, 4.69) is 0 Å². The van der Waals surface area contributed by atoms with E-state index < -0.39 is 17.9 Å². The largest absolute Gasteiger partial charge is 0.378 e. The van der Waals surface area contributed by atoms with Gasteiger partial charge in [0.05, 0.1) is 12.6 Å². The smallest absolute Gasteiger partial charge is 0.257 e. The first kappa shape index (κ1) is 16.7. The topological polar surface area (TPSA) is 83.6 Å². The number of nitrogens with zero attached hydrogens (tertiary/aromatic N) is 1. The number of nitrogens with two attached hydrogens (primary N) is 1. The Morgan fingerprint density at radius 2 is 1.48 bits per heavy atom. The van der Waals surface area contributed by atoms with E-state index >= 15 is 0 Å². The molecule has 2 aromatic rings. The molecule has 2 rings (SSSR count). The predicted molar refractivity (Wildman–Crippen MR) is 87.2 cm³/mol. The number of carbonyl (C=O) groups is 2. The van der Waals surface area contributed by atoms with Crippen molar-refractivity contribution in [1.82, 2.24) is 4.90 Å². The highest BCUT2D eigenvalue weighted by atomic mass is 16.3. The van der Waals surface area contributed by atoms with E-state index in [1.54, 1.807) is 37.3 Å². The first-order valence-electron chi connectivity index (χ1n) is 7.37. The molecule has 0 saturated heterocycles. The van der Waals surface area contributed by atoms with E-state index in [0.717, 1.165) is 5.56 Å². The Balaban J connectivity index is 2.27. The van der Waals surface area contributed by atoms with Crippen molar-refractivity contribution in [1.29, 1.82) is 0 Å². The molecule has 0 bridgehead atoms. The van der Waals surface area contributed by atoms with Crippen LogP contribution in [0.25, 0.3) is 0 Å². The van der Waals surface area contributed by atoms with Gasteiger partial charge in [0.1, 0.15) is 0 Å². The molecule has 3 N–H and O–H groups in total. The van der Waals surface area contributed by atoms with Crippen LogP contribution in [0.3, 0.4) is 0 Å². The normalized spacial score (nSPS) is 13.1. The Hall–Kier alpha value is -2.66. The molecule has 0 aliphatic carbocycles. The SMILES string of the molecule is C[C@H](c1ccccc1)N(CC(N)=O)C(=O)C(O)c1ccccc1. The van der Waals surface area contributed by atoms with Crippen molar-refractivity contribution in [2.75, 3.05) is 6.54 Å². The van der Waals surface area contributed by atoms with Gasteiger partial charge in [0, 0.05) is 0 Å².